The van der Waals surface area contributed by atoms with E-state index < -0.39 is 12.1 Å². The fourth-order valence-electron chi connectivity index (χ4n) is 5.13. The van der Waals surface area contributed by atoms with Crippen LogP contribution in [-0.2, 0) is 22.7 Å². The Morgan fingerprint density at radius 1 is 0.897 bits per heavy atom. The lowest BCUT2D eigenvalue weighted by Gasteiger charge is -2.37. The molecular weight excluding hydrogens is 494 g/mol. The molecule has 0 aliphatic carbocycles. The quantitative estimate of drug-likeness (QED) is 0.274. The number of hydrogen-bond donors (Lipinski definition) is 1. The first kappa shape index (κ1) is 26.3. The van der Waals surface area contributed by atoms with Gasteiger partial charge >= 0.3 is 12.1 Å². The van der Waals surface area contributed by atoms with Crippen molar-refractivity contribution in [2.75, 3.05) is 20.2 Å². The molecule has 2 unspecified atom stereocenters. The van der Waals surface area contributed by atoms with E-state index in [0.717, 1.165) is 33.2 Å². The fourth-order valence-corrected chi connectivity index (χ4v) is 5.13. The summed E-state index contributed by atoms with van der Waals surface area (Å²) in [6.45, 7) is 1.38. The maximum absolute atomic E-state index is 12.1. The van der Waals surface area contributed by atoms with Gasteiger partial charge in [0.15, 0.2) is 0 Å². The van der Waals surface area contributed by atoms with Crippen LogP contribution in [0.5, 0.6) is 5.75 Å². The van der Waals surface area contributed by atoms with Gasteiger partial charge in [0, 0.05) is 17.8 Å². The Kier molecular flexibility index (Phi) is 8.08. The third-order valence-corrected chi connectivity index (χ3v) is 7.15. The van der Waals surface area contributed by atoms with Gasteiger partial charge in [-0.25, -0.2) is 9.59 Å². The molecule has 7 heteroatoms. The molecule has 4 aromatic carbocycles. The highest BCUT2D eigenvalue weighted by molar-refractivity contribution is 5.90. The zero-order chi connectivity index (χ0) is 27.2. The van der Waals surface area contributed by atoms with Crippen molar-refractivity contribution >= 4 is 22.8 Å². The molecule has 0 radical (unpaired) electrons. The Morgan fingerprint density at radius 2 is 1.69 bits per heavy atom. The second-order valence-corrected chi connectivity index (χ2v) is 9.68. The predicted octanol–water partition coefficient (Wildman–Crippen LogP) is 6.26. The second kappa shape index (κ2) is 12.0. The fraction of sp³-hybridized carbons (Fsp3) is 0.250. The molecule has 1 saturated heterocycles. The Morgan fingerprint density at radius 3 is 2.49 bits per heavy atom. The summed E-state index contributed by atoms with van der Waals surface area (Å²) in [6, 6.07) is 29.5. The average Bonchev–Trinajstić information content (AvgIpc) is 2.98. The summed E-state index contributed by atoms with van der Waals surface area (Å²) in [5.74, 6) is 0.296. The average molecular weight is 526 g/mol. The number of piperidine rings is 1. The molecule has 0 saturated carbocycles. The molecule has 4 aromatic rings. The minimum Gasteiger partial charge on any atom is -0.488 e. The highest BCUT2D eigenvalue weighted by atomic mass is 16.5. The summed E-state index contributed by atoms with van der Waals surface area (Å²) < 4.78 is 17.6. The van der Waals surface area contributed by atoms with E-state index in [1.165, 1.54) is 12.0 Å². The molecular formula is C32H31NO6. The number of carboxylic acid groups (broad SMARTS) is 1. The Hall–Kier alpha value is -4.36. The van der Waals surface area contributed by atoms with E-state index >= 15 is 0 Å². The monoisotopic (exact) mass is 525 g/mol. The van der Waals surface area contributed by atoms with Gasteiger partial charge in [-0.1, -0.05) is 66.7 Å². The van der Waals surface area contributed by atoms with Gasteiger partial charge in [-0.3, -0.25) is 0 Å². The molecule has 1 N–H and O–H groups in total. The molecule has 1 heterocycles. The van der Waals surface area contributed by atoms with Crippen LogP contribution in [0.25, 0.3) is 10.8 Å². The van der Waals surface area contributed by atoms with Gasteiger partial charge in [-0.05, 0) is 52.8 Å². The molecule has 5 rings (SSSR count). The van der Waals surface area contributed by atoms with Gasteiger partial charge in [0.25, 0.3) is 0 Å². The van der Waals surface area contributed by atoms with Crippen LogP contribution in [0.2, 0.25) is 0 Å². The minimum absolute atomic E-state index is 0.0699. The second-order valence-electron chi connectivity index (χ2n) is 9.68. The lowest BCUT2D eigenvalue weighted by molar-refractivity contribution is -0.0199. The van der Waals surface area contributed by atoms with Crippen molar-refractivity contribution in [2.24, 2.45) is 0 Å². The maximum atomic E-state index is 12.1. The van der Waals surface area contributed by atoms with Crippen LogP contribution in [0, 0.1) is 0 Å². The first-order valence-electron chi connectivity index (χ1n) is 13.0. The number of nitrogens with zero attached hydrogens (tertiary/aromatic N) is 1. The van der Waals surface area contributed by atoms with Crippen LogP contribution in [0.4, 0.5) is 4.79 Å². The van der Waals surface area contributed by atoms with Gasteiger partial charge in [-0.15, -0.1) is 0 Å². The number of carbonyl (C=O) groups excluding carboxylic acids is 1. The molecule has 0 bridgehead atoms. The summed E-state index contributed by atoms with van der Waals surface area (Å²) in [5.41, 5.74) is 3.41. The third kappa shape index (κ3) is 6.21. The van der Waals surface area contributed by atoms with Crippen LogP contribution >= 0.6 is 0 Å². The third-order valence-electron chi connectivity index (χ3n) is 7.15. The van der Waals surface area contributed by atoms with Crippen molar-refractivity contribution in [1.29, 1.82) is 0 Å². The van der Waals surface area contributed by atoms with E-state index in [1.54, 1.807) is 6.07 Å². The summed E-state index contributed by atoms with van der Waals surface area (Å²) in [7, 11) is 1.35. The van der Waals surface area contributed by atoms with E-state index in [9.17, 15) is 14.7 Å². The van der Waals surface area contributed by atoms with Gasteiger partial charge in [0.05, 0.1) is 31.9 Å². The molecule has 0 spiro atoms. The van der Waals surface area contributed by atoms with E-state index in [0.29, 0.717) is 25.1 Å². The smallest absolute Gasteiger partial charge is 0.407 e. The van der Waals surface area contributed by atoms with Crippen molar-refractivity contribution in [3.8, 4) is 5.75 Å². The number of fused-ring (bicyclic) bond motifs is 1. The van der Waals surface area contributed by atoms with E-state index in [1.807, 2.05) is 78.9 Å². The molecule has 0 aromatic heterocycles. The van der Waals surface area contributed by atoms with E-state index in [2.05, 4.69) is 6.07 Å². The van der Waals surface area contributed by atoms with Gasteiger partial charge < -0.3 is 24.2 Å². The summed E-state index contributed by atoms with van der Waals surface area (Å²) in [5, 5.41) is 11.7. The first-order chi connectivity index (χ1) is 19.0. The zero-order valence-electron chi connectivity index (χ0n) is 21.8. The molecule has 1 amide bonds. The highest BCUT2D eigenvalue weighted by Crippen LogP contribution is 2.33. The Bertz CT molecular complexity index is 1450. The van der Waals surface area contributed by atoms with Crippen molar-refractivity contribution < 1.29 is 28.9 Å². The van der Waals surface area contributed by atoms with Crippen molar-refractivity contribution in [3.05, 3.63) is 113 Å². The largest absolute Gasteiger partial charge is 0.488 e. The molecule has 1 aliphatic rings. The number of methoxy groups -OCH3 is 1. The van der Waals surface area contributed by atoms with Crippen LogP contribution in [-0.4, -0.2) is 48.4 Å². The normalized spacial score (nSPS) is 17.1. The number of amides is 1. The minimum atomic E-state index is -0.965. The number of rotatable bonds is 8. The molecule has 39 heavy (non-hydrogen) atoms. The van der Waals surface area contributed by atoms with Gasteiger partial charge in [-0.2, -0.15) is 0 Å². The lowest BCUT2D eigenvalue weighted by Crippen LogP contribution is -2.46. The number of likely N-dealkylation sites (tertiary alicyclic amines) is 1. The van der Waals surface area contributed by atoms with E-state index in [4.69, 9.17) is 14.2 Å². The van der Waals surface area contributed by atoms with Crippen LogP contribution in [0.15, 0.2) is 91.0 Å². The molecule has 200 valence electrons. The Labute approximate surface area is 227 Å². The summed E-state index contributed by atoms with van der Waals surface area (Å²) >= 11 is 0. The number of esters is 1. The molecule has 1 aliphatic heterocycles. The van der Waals surface area contributed by atoms with Gasteiger partial charge in [0.2, 0.25) is 0 Å². The van der Waals surface area contributed by atoms with Crippen molar-refractivity contribution in [2.45, 2.75) is 31.7 Å². The molecule has 2 atom stereocenters. The number of ether oxygens (including phenoxy) is 3. The predicted molar refractivity (Wildman–Crippen MR) is 148 cm³/mol. The lowest BCUT2D eigenvalue weighted by atomic mass is 9.86. The number of hydrogen-bond acceptors (Lipinski definition) is 5. The maximum Gasteiger partial charge on any atom is 0.407 e. The number of carbonyl (C=O) groups is 2. The SMILES string of the molecule is COC(=O)c1cccc(C2CCN(C(=O)O)CC2OCc2cc(OCc3ccccc3)c3ccccc3c2)c1. The Balaban J connectivity index is 1.38. The topological polar surface area (TPSA) is 85.3 Å². The van der Waals surface area contributed by atoms with E-state index in [-0.39, 0.29) is 25.2 Å². The van der Waals surface area contributed by atoms with Crippen LogP contribution in [0.1, 0.15) is 39.4 Å². The first-order valence-corrected chi connectivity index (χ1v) is 13.0. The summed E-state index contributed by atoms with van der Waals surface area (Å²) in [4.78, 5) is 25.3. The molecule has 1 fully saturated rings. The van der Waals surface area contributed by atoms with Crippen molar-refractivity contribution in [1.82, 2.24) is 4.90 Å². The number of benzene rings is 4. The summed E-state index contributed by atoms with van der Waals surface area (Å²) in [6.07, 6.45) is -0.763. The van der Waals surface area contributed by atoms with Gasteiger partial charge in [0.1, 0.15) is 12.4 Å². The van der Waals surface area contributed by atoms with Crippen LogP contribution < -0.4 is 4.74 Å². The zero-order valence-corrected chi connectivity index (χ0v) is 21.8. The highest BCUT2D eigenvalue weighted by Gasteiger charge is 2.33. The van der Waals surface area contributed by atoms with Crippen LogP contribution in [0.3, 0.4) is 0 Å². The molecule has 7 nitrogen and oxygen atoms in total. The van der Waals surface area contributed by atoms with Crippen molar-refractivity contribution in [3.63, 3.8) is 0 Å². The standard InChI is InChI=1S/C32H31NO6/c1-37-31(34)26-12-7-11-25(18-26)28-14-15-33(32(35)36)19-30(28)39-21-23-16-24-10-5-6-13-27(24)29(17-23)38-20-22-8-3-2-4-9-22/h2-13,16-18,28,30H,14-15,19-21H2,1H3,(H,35,36).